The molecule has 2 aromatic heterocycles. The second-order valence-corrected chi connectivity index (χ2v) is 5.62. The monoisotopic (exact) mass is 370 g/mol. The van der Waals surface area contributed by atoms with Gasteiger partial charge < -0.3 is 5.32 Å². The molecule has 0 unspecified atom stereocenters. The van der Waals surface area contributed by atoms with Crippen LogP contribution in [0.4, 0.5) is 5.69 Å². The Labute approximate surface area is 134 Å². The van der Waals surface area contributed by atoms with Crippen LogP contribution in [-0.4, -0.2) is 36.9 Å². The molecule has 0 aliphatic heterocycles. The average molecular weight is 371 g/mol. The molecule has 1 amide bonds. The van der Waals surface area contributed by atoms with E-state index in [9.17, 15) is 14.9 Å². The summed E-state index contributed by atoms with van der Waals surface area (Å²) in [5.74, 6) is -0.188. The number of halogens is 1. The maximum absolute atomic E-state index is 11.8. The Morgan fingerprint density at radius 1 is 1.50 bits per heavy atom. The molecule has 0 fully saturated rings. The molecule has 118 valence electrons. The van der Waals surface area contributed by atoms with Gasteiger partial charge in [0.2, 0.25) is 5.91 Å². The number of nitrogens with zero attached hydrogens (tertiary/aromatic N) is 5. The Hall–Kier alpha value is -2.23. The lowest BCUT2D eigenvalue weighted by Gasteiger charge is -2.06. The van der Waals surface area contributed by atoms with Gasteiger partial charge in [-0.1, -0.05) is 0 Å². The molecule has 0 spiro atoms. The third kappa shape index (κ3) is 3.70. The molecule has 0 atom stereocenters. The topological polar surface area (TPSA) is 108 Å². The van der Waals surface area contributed by atoms with Gasteiger partial charge in [0, 0.05) is 12.7 Å². The molecule has 2 aromatic rings. The van der Waals surface area contributed by atoms with E-state index in [2.05, 4.69) is 31.4 Å². The van der Waals surface area contributed by atoms with Crippen LogP contribution in [0, 0.1) is 24.0 Å². The number of aromatic nitrogens is 4. The minimum absolute atomic E-state index is 0.0210. The van der Waals surface area contributed by atoms with Gasteiger partial charge in [-0.05, 0) is 29.8 Å². The minimum atomic E-state index is -0.442. The largest absolute Gasteiger partial charge is 0.353 e. The summed E-state index contributed by atoms with van der Waals surface area (Å²) in [4.78, 5) is 22.2. The van der Waals surface area contributed by atoms with Crippen LogP contribution in [0.5, 0.6) is 0 Å². The Morgan fingerprint density at radius 3 is 2.77 bits per heavy atom. The van der Waals surface area contributed by atoms with Gasteiger partial charge in [0.05, 0.1) is 22.1 Å². The van der Waals surface area contributed by atoms with E-state index < -0.39 is 4.92 Å². The summed E-state index contributed by atoms with van der Waals surface area (Å²) in [6.45, 7) is 4.05. The maximum Gasteiger partial charge on any atom is 0.312 e. The lowest BCUT2D eigenvalue weighted by Crippen LogP contribution is -2.31. The van der Waals surface area contributed by atoms with Crippen LogP contribution < -0.4 is 5.32 Å². The fourth-order valence-corrected chi connectivity index (χ4v) is 2.43. The predicted molar refractivity (Wildman–Crippen MR) is 81.3 cm³/mol. The van der Waals surface area contributed by atoms with Crippen LogP contribution in [0.15, 0.2) is 16.9 Å². The van der Waals surface area contributed by atoms with Gasteiger partial charge >= 0.3 is 5.69 Å². The fraction of sp³-hybridized carbons (Fsp3) is 0.417. The summed E-state index contributed by atoms with van der Waals surface area (Å²) in [5, 5.41) is 21.7. The molecule has 0 aliphatic carbocycles. The number of rotatable bonds is 6. The van der Waals surface area contributed by atoms with Gasteiger partial charge in [0.1, 0.15) is 17.9 Å². The number of aryl methyl sites for hydroxylation is 1. The summed E-state index contributed by atoms with van der Waals surface area (Å²) < 4.78 is 3.83. The Bertz CT molecular complexity index is 708. The van der Waals surface area contributed by atoms with E-state index in [0.717, 1.165) is 4.47 Å². The summed E-state index contributed by atoms with van der Waals surface area (Å²) in [7, 11) is 0. The predicted octanol–water partition coefficient (Wildman–Crippen LogP) is 1.18. The second kappa shape index (κ2) is 6.69. The van der Waals surface area contributed by atoms with Crippen LogP contribution in [0.3, 0.4) is 0 Å². The molecule has 0 saturated heterocycles. The lowest BCUT2D eigenvalue weighted by molar-refractivity contribution is -0.386. The summed E-state index contributed by atoms with van der Waals surface area (Å²) >= 11 is 3.25. The van der Waals surface area contributed by atoms with Crippen LogP contribution in [0.25, 0.3) is 0 Å². The van der Waals surface area contributed by atoms with Crippen molar-refractivity contribution in [2.24, 2.45) is 0 Å². The van der Waals surface area contributed by atoms with Crippen molar-refractivity contribution in [1.29, 1.82) is 0 Å². The Morgan fingerprint density at radius 2 is 2.23 bits per heavy atom. The van der Waals surface area contributed by atoms with Crippen molar-refractivity contribution in [1.82, 2.24) is 24.9 Å². The van der Waals surface area contributed by atoms with Crippen molar-refractivity contribution in [3.8, 4) is 0 Å². The van der Waals surface area contributed by atoms with Gasteiger partial charge in [-0.2, -0.15) is 10.2 Å². The molecule has 0 aliphatic rings. The third-order valence-corrected chi connectivity index (χ3v) is 3.49. The highest BCUT2D eigenvalue weighted by atomic mass is 79.9. The first-order valence-electron chi connectivity index (χ1n) is 6.51. The summed E-state index contributed by atoms with van der Waals surface area (Å²) in [6, 6.07) is 0. The van der Waals surface area contributed by atoms with Crippen molar-refractivity contribution in [3.63, 3.8) is 0 Å². The van der Waals surface area contributed by atoms with Crippen LogP contribution >= 0.6 is 15.9 Å². The number of nitrogens with one attached hydrogen (secondary N) is 1. The molecule has 2 rings (SSSR count). The van der Waals surface area contributed by atoms with Crippen molar-refractivity contribution < 1.29 is 9.72 Å². The van der Waals surface area contributed by atoms with E-state index in [-0.39, 0.29) is 18.1 Å². The molecule has 0 radical (unpaired) electrons. The molecular formula is C12H15BrN6O3. The molecule has 10 heteroatoms. The zero-order valence-electron chi connectivity index (χ0n) is 12.1. The summed E-state index contributed by atoms with van der Waals surface area (Å²) in [5.41, 5.74) is 0.871. The summed E-state index contributed by atoms with van der Waals surface area (Å²) in [6.07, 6.45) is 3.30. The molecule has 9 nitrogen and oxygen atoms in total. The second-order valence-electron chi connectivity index (χ2n) is 4.71. The van der Waals surface area contributed by atoms with E-state index in [0.29, 0.717) is 24.5 Å². The fourth-order valence-electron chi connectivity index (χ4n) is 2.10. The van der Waals surface area contributed by atoms with Crippen LogP contribution in [0.1, 0.15) is 11.4 Å². The van der Waals surface area contributed by atoms with Crippen molar-refractivity contribution in [2.45, 2.75) is 26.9 Å². The van der Waals surface area contributed by atoms with Crippen LogP contribution in [-0.2, 0) is 17.9 Å². The van der Waals surface area contributed by atoms with Crippen molar-refractivity contribution >= 4 is 27.5 Å². The van der Waals surface area contributed by atoms with Crippen molar-refractivity contribution in [3.05, 3.63) is 38.4 Å². The standard InChI is InChI=1S/C12H15BrN6O3/c1-8-12(19(21)22)9(2)18(16-8)4-3-14-11(20)7-17-6-10(13)5-15-17/h5-6H,3-4,7H2,1-2H3,(H,14,20). The first-order valence-corrected chi connectivity index (χ1v) is 7.31. The number of nitro groups is 1. The number of hydrogen-bond acceptors (Lipinski definition) is 5. The van der Waals surface area contributed by atoms with Gasteiger partial charge in [0.15, 0.2) is 0 Å². The molecule has 2 heterocycles. The quantitative estimate of drug-likeness (QED) is 0.606. The molecule has 0 bridgehead atoms. The Balaban J connectivity index is 1.87. The first-order chi connectivity index (χ1) is 10.4. The SMILES string of the molecule is Cc1nn(CCNC(=O)Cn2cc(Br)cn2)c(C)c1[N+](=O)[O-]. The molecular weight excluding hydrogens is 356 g/mol. The van der Waals surface area contributed by atoms with Gasteiger partial charge in [-0.3, -0.25) is 24.3 Å². The molecule has 0 saturated carbocycles. The molecule has 22 heavy (non-hydrogen) atoms. The highest BCUT2D eigenvalue weighted by Gasteiger charge is 2.21. The number of carbonyl (C=O) groups is 1. The van der Waals surface area contributed by atoms with E-state index in [4.69, 9.17) is 0 Å². The number of amides is 1. The lowest BCUT2D eigenvalue weighted by atomic mass is 10.3. The first kappa shape index (κ1) is 16.1. The van der Waals surface area contributed by atoms with E-state index >= 15 is 0 Å². The van der Waals surface area contributed by atoms with Gasteiger partial charge in [-0.15, -0.1) is 0 Å². The van der Waals surface area contributed by atoms with E-state index in [1.54, 1.807) is 26.2 Å². The maximum atomic E-state index is 11.8. The average Bonchev–Trinajstić information content (AvgIpc) is 2.93. The zero-order chi connectivity index (χ0) is 16.3. The van der Waals surface area contributed by atoms with E-state index in [1.807, 2.05) is 0 Å². The molecule has 0 aromatic carbocycles. The van der Waals surface area contributed by atoms with Crippen molar-refractivity contribution in [2.75, 3.05) is 6.54 Å². The highest BCUT2D eigenvalue weighted by molar-refractivity contribution is 9.10. The van der Waals surface area contributed by atoms with E-state index in [1.165, 1.54) is 9.36 Å². The highest BCUT2D eigenvalue weighted by Crippen LogP contribution is 2.21. The van der Waals surface area contributed by atoms with Gasteiger partial charge in [-0.25, -0.2) is 0 Å². The Kier molecular flexibility index (Phi) is 4.91. The molecule has 1 N–H and O–H groups in total. The zero-order valence-corrected chi connectivity index (χ0v) is 13.7. The third-order valence-electron chi connectivity index (χ3n) is 3.08. The van der Waals surface area contributed by atoms with Gasteiger partial charge in [0.25, 0.3) is 0 Å². The number of hydrogen-bond donors (Lipinski definition) is 1. The number of carbonyl (C=O) groups excluding carboxylic acids is 1. The van der Waals surface area contributed by atoms with Crippen LogP contribution in [0.2, 0.25) is 0 Å². The smallest absolute Gasteiger partial charge is 0.312 e. The minimum Gasteiger partial charge on any atom is -0.353 e. The normalized spacial score (nSPS) is 10.7.